The molecule has 1 aliphatic heterocycles. The number of urea groups is 1. The van der Waals surface area contributed by atoms with E-state index in [-0.39, 0.29) is 6.03 Å². The number of amides is 2. The van der Waals surface area contributed by atoms with Crippen molar-refractivity contribution in [1.29, 1.82) is 0 Å². The third-order valence-corrected chi connectivity index (χ3v) is 5.15. The van der Waals surface area contributed by atoms with Gasteiger partial charge in [0.25, 0.3) is 0 Å². The van der Waals surface area contributed by atoms with Gasteiger partial charge in [0.15, 0.2) is 5.76 Å². The summed E-state index contributed by atoms with van der Waals surface area (Å²) in [6, 6.07) is 2.47. The van der Waals surface area contributed by atoms with Crippen LogP contribution in [0.5, 0.6) is 0 Å². The number of hydrogen-bond donors (Lipinski definition) is 1. The minimum atomic E-state index is 0.121. The van der Waals surface area contributed by atoms with E-state index in [2.05, 4.69) is 15.4 Å². The number of carbonyl (C=O) groups excluding carboxylic acids is 1. The average molecular weight is 334 g/mol. The Kier molecular flexibility index (Phi) is 6.12. The molecule has 2 aliphatic rings. The van der Waals surface area contributed by atoms with Crippen LogP contribution < -0.4 is 5.32 Å². The summed E-state index contributed by atoms with van der Waals surface area (Å²) in [5, 5.41) is 7.19. The first-order valence-corrected chi connectivity index (χ1v) is 9.41. The molecule has 2 heterocycles. The lowest BCUT2D eigenvalue weighted by molar-refractivity contribution is 0.125. The van der Waals surface area contributed by atoms with Crippen LogP contribution in [0, 0.1) is 6.92 Å². The standard InChI is InChI=1S/C18H30N4O2/c1-15-13-17(24-20-15)14-21-9-11-22(12-10-21)18(23)19-16-7-5-3-2-4-6-8-16/h13,16H,2-12,14H2,1H3,(H,19,23). The molecule has 1 saturated carbocycles. The number of piperazine rings is 1. The molecular formula is C18H30N4O2. The Morgan fingerprint density at radius 1 is 1.17 bits per heavy atom. The van der Waals surface area contributed by atoms with E-state index in [0.717, 1.165) is 57.0 Å². The Bertz CT molecular complexity index is 515. The second kappa shape index (κ2) is 8.51. The second-order valence-electron chi connectivity index (χ2n) is 7.19. The lowest BCUT2D eigenvalue weighted by atomic mass is 9.97. The summed E-state index contributed by atoms with van der Waals surface area (Å²) in [5.74, 6) is 0.903. The van der Waals surface area contributed by atoms with Crippen LogP contribution in [0.25, 0.3) is 0 Å². The molecule has 0 radical (unpaired) electrons. The van der Waals surface area contributed by atoms with Crippen molar-refractivity contribution in [3.05, 3.63) is 17.5 Å². The Morgan fingerprint density at radius 3 is 2.46 bits per heavy atom. The monoisotopic (exact) mass is 334 g/mol. The van der Waals surface area contributed by atoms with Gasteiger partial charge >= 0.3 is 6.03 Å². The van der Waals surface area contributed by atoms with Crippen LogP contribution >= 0.6 is 0 Å². The van der Waals surface area contributed by atoms with Gasteiger partial charge in [-0.1, -0.05) is 37.3 Å². The fraction of sp³-hybridized carbons (Fsp3) is 0.778. The molecule has 1 aromatic heterocycles. The molecule has 1 aromatic rings. The molecule has 0 aromatic carbocycles. The van der Waals surface area contributed by atoms with Crippen molar-refractivity contribution in [2.45, 2.75) is 64.5 Å². The van der Waals surface area contributed by atoms with Crippen molar-refractivity contribution < 1.29 is 9.32 Å². The molecule has 2 amide bonds. The van der Waals surface area contributed by atoms with Gasteiger partial charge in [-0.25, -0.2) is 4.79 Å². The topological polar surface area (TPSA) is 61.6 Å². The molecule has 1 N–H and O–H groups in total. The molecule has 0 spiro atoms. The zero-order chi connectivity index (χ0) is 16.8. The van der Waals surface area contributed by atoms with Crippen LogP contribution in [0.4, 0.5) is 4.79 Å². The third-order valence-electron chi connectivity index (χ3n) is 5.15. The second-order valence-corrected chi connectivity index (χ2v) is 7.19. The molecule has 134 valence electrons. The van der Waals surface area contributed by atoms with Gasteiger partial charge in [0.2, 0.25) is 0 Å². The molecule has 0 unspecified atom stereocenters. The predicted octanol–water partition coefficient (Wildman–Crippen LogP) is 2.92. The average Bonchev–Trinajstić information content (AvgIpc) is 2.95. The summed E-state index contributed by atoms with van der Waals surface area (Å²) in [4.78, 5) is 16.8. The largest absolute Gasteiger partial charge is 0.360 e. The molecule has 6 nitrogen and oxygen atoms in total. The Hall–Kier alpha value is -1.56. The quantitative estimate of drug-likeness (QED) is 0.923. The van der Waals surface area contributed by atoms with E-state index in [0.29, 0.717) is 6.04 Å². The van der Waals surface area contributed by atoms with Crippen LogP contribution in [0.1, 0.15) is 56.4 Å². The van der Waals surface area contributed by atoms with Gasteiger partial charge < -0.3 is 14.7 Å². The van der Waals surface area contributed by atoms with Crippen LogP contribution in [-0.2, 0) is 6.54 Å². The maximum Gasteiger partial charge on any atom is 0.317 e. The van der Waals surface area contributed by atoms with Crippen molar-refractivity contribution in [3.8, 4) is 0 Å². The summed E-state index contributed by atoms with van der Waals surface area (Å²) in [5.41, 5.74) is 0.919. The molecule has 1 saturated heterocycles. The van der Waals surface area contributed by atoms with Crippen molar-refractivity contribution in [3.63, 3.8) is 0 Å². The van der Waals surface area contributed by atoms with Gasteiger partial charge in [0.1, 0.15) is 0 Å². The minimum absolute atomic E-state index is 0.121. The van der Waals surface area contributed by atoms with E-state index in [1.165, 1.54) is 32.1 Å². The van der Waals surface area contributed by atoms with Crippen LogP contribution in [0.15, 0.2) is 10.6 Å². The van der Waals surface area contributed by atoms with E-state index in [1.54, 1.807) is 0 Å². The highest BCUT2D eigenvalue weighted by atomic mass is 16.5. The van der Waals surface area contributed by atoms with Crippen LogP contribution in [0.2, 0.25) is 0 Å². The number of hydrogen-bond acceptors (Lipinski definition) is 4. The third kappa shape index (κ3) is 4.97. The highest BCUT2D eigenvalue weighted by Crippen LogP contribution is 2.17. The van der Waals surface area contributed by atoms with E-state index >= 15 is 0 Å². The maximum absolute atomic E-state index is 12.5. The predicted molar refractivity (Wildman–Crippen MR) is 92.7 cm³/mol. The fourth-order valence-electron chi connectivity index (χ4n) is 3.69. The van der Waals surface area contributed by atoms with Crippen molar-refractivity contribution in [2.75, 3.05) is 26.2 Å². The number of nitrogens with one attached hydrogen (secondary N) is 1. The summed E-state index contributed by atoms with van der Waals surface area (Å²) in [6.07, 6.45) is 8.74. The zero-order valence-electron chi connectivity index (χ0n) is 14.8. The van der Waals surface area contributed by atoms with E-state index in [9.17, 15) is 4.79 Å². The first-order chi connectivity index (χ1) is 11.7. The molecule has 6 heteroatoms. The highest BCUT2D eigenvalue weighted by Gasteiger charge is 2.23. The van der Waals surface area contributed by atoms with Gasteiger partial charge in [0, 0.05) is 38.3 Å². The normalized spacial score (nSPS) is 21.3. The summed E-state index contributed by atoms with van der Waals surface area (Å²) < 4.78 is 5.28. The van der Waals surface area contributed by atoms with Gasteiger partial charge in [-0.15, -0.1) is 0 Å². The first-order valence-electron chi connectivity index (χ1n) is 9.41. The molecule has 24 heavy (non-hydrogen) atoms. The zero-order valence-corrected chi connectivity index (χ0v) is 14.8. The Balaban J connectivity index is 1.41. The lowest BCUT2D eigenvalue weighted by Gasteiger charge is -2.35. The number of aryl methyl sites for hydroxylation is 1. The number of carbonyl (C=O) groups is 1. The molecule has 2 fully saturated rings. The van der Waals surface area contributed by atoms with Crippen LogP contribution in [-0.4, -0.2) is 53.2 Å². The molecule has 3 rings (SSSR count). The number of rotatable bonds is 3. The first kappa shape index (κ1) is 17.3. The maximum atomic E-state index is 12.5. The Morgan fingerprint density at radius 2 is 1.83 bits per heavy atom. The van der Waals surface area contributed by atoms with E-state index in [1.807, 2.05) is 17.9 Å². The van der Waals surface area contributed by atoms with Gasteiger partial charge in [-0.2, -0.15) is 0 Å². The van der Waals surface area contributed by atoms with E-state index in [4.69, 9.17) is 4.52 Å². The molecule has 0 atom stereocenters. The number of nitrogens with zero attached hydrogens (tertiary/aromatic N) is 3. The smallest absolute Gasteiger partial charge is 0.317 e. The summed E-state index contributed by atoms with van der Waals surface area (Å²) in [7, 11) is 0. The van der Waals surface area contributed by atoms with E-state index < -0.39 is 0 Å². The lowest BCUT2D eigenvalue weighted by Crippen LogP contribution is -2.53. The highest BCUT2D eigenvalue weighted by molar-refractivity contribution is 5.74. The molecule has 1 aliphatic carbocycles. The van der Waals surface area contributed by atoms with Gasteiger partial charge in [0.05, 0.1) is 12.2 Å². The van der Waals surface area contributed by atoms with Crippen molar-refractivity contribution in [1.82, 2.24) is 20.3 Å². The number of aromatic nitrogens is 1. The van der Waals surface area contributed by atoms with Gasteiger partial charge in [-0.05, 0) is 19.8 Å². The summed E-state index contributed by atoms with van der Waals surface area (Å²) in [6.45, 7) is 6.05. The Labute approximate surface area is 144 Å². The SMILES string of the molecule is Cc1cc(CN2CCN(C(=O)NC3CCCCCCC3)CC2)on1. The minimum Gasteiger partial charge on any atom is -0.360 e. The molecule has 0 bridgehead atoms. The van der Waals surface area contributed by atoms with Gasteiger partial charge in [-0.3, -0.25) is 4.90 Å². The molecular weight excluding hydrogens is 304 g/mol. The fourth-order valence-corrected chi connectivity index (χ4v) is 3.69. The van der Waals surface area contributed by atoms with Crippen molar-refractivity contribution in [2.24, 2.45) is 0 Å². The van der Waals surface area contributed by atoms with Crippen molar-refractivity contribution >= 4 is 6.03 Å². The summed E-state index contributed by atoms with van der Waals surface area (Å²) >= 11 is 0. The van der Waals surface area contributed by atoms with Crippen LogP contribution in [0.3, 0.4) is 0 Å².